The lowest BCUT2D eigenvalue weighted by molar-refractivity contribution is -0.138. The van der Waals surface area contributed by atoms with E-state index in [9.17, 15) is 26.4 Å². The molecule has 3 aromatic carbocycles. The lowest BCUT2D eigenvalue weighted by Gasteiger charge is -2.19. The molecule has 0 spiro atoms. The van der Waals surface area contributed by atoms with Gasteiger partial charge in [-0.1, -0.05) is 30.3 Å². The fourth-order valence-corrected chi connectivity index (χ4v) is 6.72. The first kappa shape index (κ1) is 29.9. The summed E-state index contributed by atoms with van der Waals surface area (Å²) in [5.74, 6) is 0.289. The number of benzene rings is 3. The third-order valence-corrected chi connectivity index (χ3v) is 9.10. The maximum Gasteiger partial charge on any atom is 0.417 e. The zero-order valence-corrected chi connectivity index (χ0v) is 24.1. The molecule has 1 aliphatic heterocycles. The monoisotopic (exact) mass is 602 g/mol. The van der Waals surface area contributed by atoms with E-state index in [1.165, 1.54) is 6.07 Å². The lowest BCUT2D eigenvalue weighted by atomic mass is 9.88. The van der Waals surface area contributed by atoms with Crippen LogP contribution in [-0.4, -0.2) is 44.7 Å². The average Bonchev–Trinajstić information content (AvgIpc) is 3.52. The van der Waals surface area contributed by atoms with Crippen LogP contribution in [0.15, 0.2) is 54.6 Å². The third kappa shape index (κ3) is 6.91. The quantitative estimate of drug-likeness (QED) is 0.243. The zero-order chi connectivity index (χ0) is 30.1. The van der Waals surface area contributed by atoms with Crippen LogP contribution in [0.2, 0.25) is 0 Å². The minimum Gasteiger partial charge on any atom is -0.494 e. The van der Waals surface area contributed by atoms with E-state index >= 15 is 0 Å². The highest BCUT2D eigenvalue weighted by Gasteiger charge is 2.37. The summed E-state index contributed by atoms with van der Waals surface area (Å²) in [4.78, 5) is 11.1. The number of sulfone groups is 1. The number of hydrogen-bond acceptors (Lipinski definition) is 5. The number of fused-ring (bicyclic) bond motifs is 2. The van der Waals surface area contributed by atoms with Crippen LogP contribution in [-0.2, 0) is 33.6 Å². The topological polar surface area (TPSA) is 89.9 Å². The molecule has 1 aliphatic carbocycles. The zero-order valence-electron chi connectivity index (χ0n) is 23.2. The summed E-state index contributed by atoms with van der Waals surface area (Å²) in [5, 5.41) is 9.13. The molecule has 0 radical (unpaired) electrons. The highest BCUT2D eigenvalue weighted by Crippen LogP contribution is 2.47. The number of carbonyl (C=O) groups is 1. The van der Waals surface area contributed by atoms with Crippen molar-refractivity contribution in [2.75, 3.05) is 25.2 Å². The van der Waals surface area contributed by atoms with E-state index < -0.39 is 27.5 Å². The highest BCUT2D eigenvalue weighted by molar-refractivity contribution is 7.90. The molecule has 10 heteroatoms. The first-order chi connectivity index (χ1) is 19.9. The van der Waals surface area contributed by atoms with E-state index in [4.69, 9.17) is 14.6 Å². The summed E-state index contributed by atoms with van der Waals surface area (Å²) < 4.78 is 76.3. The Labute approximate surface area is 243 Å². The third-order valence-electron chi connectivity index (χ3n) is 8.07. The molecule has 6 nitrogen and oxygen atoms in total. The van der Waals surface area contributed by atoms with Gasteiger partial charge in [-0.2, -0.15) is 13.2 Å². The fraction of sp³-hybridized carbons (Fsp3) is 0.406. The molecule has 0 bridgehead atoms. The van der Waals surface area contributed by atoms with Gasteiger partial charge in [0.25, 0.3) is 0 Å². The summed E-state index contributed by atoms with van der Waals surface area (Å²) >= 11 is 0. The molecule has 2 aliphatic rings. The molecule has 0 aromatic heterocycles. The second-order valence-electron chi connectivity index (χ2n) is 11.2. The number of aryl methyl sites for hydroxylation is 1. The summed E-state index contributed by atoms with van der Waals surface area (Å²) in [6, 6.07) is 15.2. The second kappa shape index (κ2) is 12.0. The molecular weight excluding hydrogens is 569 g/mol. The van der Waals surface area contributed by atoms with E-state index in [-0.39, 0.29) is 36.2 Å². The van der Waals surface area contributed by atoms with Crippen LogP contribution >= 0.6 is 0 Å². The summed E-state index contributed by atoms with van der Waals surface area (Å²) in [6.45, 7) is 0.545. The fourth-order valence-electron chi connectivity index (χ4n) is 6.08. The Hall–Kier alpha value is -3.53. The highest BCUT2D eigenvalue weighted by atomic mass is 32.2. The molecule has 3 aromatic rings. The van der Waals surface area contributed by atoms with E-state index in [2.05, 4.69) is 0 Å². The van der Waals surface area contributed by atoms with Crippen molar-refractivity contribution in [3.63, 3.8) is 0 Å². The molecule has 224 valence electrons. The van der Waals surface area contributed by atoms with Gasteiger partial charge in [0, 0.05) is 17.7 Å². The smallest absolute Gasteiger partial charge is 0.417 e. The van der Waals surface area contributed by atoms with E-state index in [1.54, 1.807) is 30.3 Å². The molecule has 1 N–H and O–H groups in total. The molecule has 0 saturated carbocycles. The van der Waals surface area contributed by atoms with Crippen LogP contribution in [0, 0.1) is 0 Å². The van der Waals surface area contributed by atoms with Crippen LogP contribution in [0.3, 0.4) is 0 Å². The van der Waals surface area contributed by atoms with Crippen molar-refractivity contribution in [1.82, 2.24) is 0 Å². The molecule has 0 saturated heterocycles. The van der Waals surface area contributed by atoms with Crippen LogP contribution in [0.25, 0.3) is 11.1 Å². The van der Waals surface area contributed by atoms with Crippen molar-refractivity contribution in [3.05, 3.63) is 82.4 Å². The number of carboxylic acid groups (broad SMARTS) is 1. The predicted octanol–water partition coefficient (Wildman–Crippen LogP) is 6.80. The molecule has 1 heterocycles. The number of carboxylic acids is 1. The molecule has 0 amide bonds. The maximum atomic E-state index is 14.1. The van der Waals surface area contributed by atoms with Gasteiger partial charge in [0.2, 0.25) is 0 Å². The Bertz CT molecular complexity index is 1560. The molecule has 2 unspecified atom stereocenters. The largest absolute Gasteiger partial charge is 0.494 e. The summed E-state index contributed by atoms with van der Waals surface area (Å²) in [6.07, 6.45) is -0.191. The number of halogens is 3. The van der Waals surface area contributed by atoms with Gasteiger partial charge in [-0.25, -0.2) is 8.42 Å². The van der Waals surface area contributed by atoms with Gasteiger partial charge in [-0.05, 0) is 90.1 Å². The standard InChI is InChI=1S/C32H33F3O6S/c1-42(38,39)16-2-15-40-24-9-6-22(7-10-24)31-27-12-8-21(25(27)13-14-28(31)32(33,34)35)5-3-20-4-11-26-23(18-30(36)37)19-41-29(26)17-20/h4,6-7,9-11,13-14,17,21,23H,2-3,5,8,12,15-16,18-19H2,1H3,(H,36,37). The summed E-state index contributed by atoms with van der Waals surface area (Å²) in [5.41, 5.74) is 3.65. The molecule has 2 atom stereocenters. The number of aliphatic carboxylic acids is 1. The normalized spacial score (nSPS) is 17.9. The predicted molar refractivity (Wildman–Crippen MR) is 153 cm³/mol. The Morgan fingerprint density at radius 2 is 1.79 bits per heavy atom. The Kier molecular flexibility index (Phi) is 8.55. The number of alkyl halides is 3. The van der Waals surface area contributed by atoms with Crippen LogP contribution in [0.1, 0.15) is 65.3 Å². The van der Waals surface area contributed by atoms with Gasteiger partial charge in [0.15, 0.2) is 0 Å². The van der Waals surface area contributed by atoms with Crippen molar-refractivity contribution >= 4 is 15.8 Å². The minimum absolute atomic E-state index is 0.00481. The van der Waals surface area contributed by atoms with Gasteiger partial charge in [0.1, 0.15) is 21.3 Å². The minimum atomic E-state index is -4.51. The van der Waals surface area contributed by atoms with E-state index in [0.29, 0.717) is 36.5 Å². The van der Waals surface area contributed by atoms with E-state index in [0.717, 1.165) is 47.8 Å². The number of rotatable bonds is 11. The SMILES string of the molecule is CS(=O)(=O)CCCOc1ccc(-c2c(C(F)(F)F)ccc3c2CCC3CCc2ccc3c(c2)OCC3CC(=O)O)cc1. The Morgan fingerprint density at radius 3 is 2.48 bits per heavy atom. The number of hydrogen-bond donors (Lipinski definition) is 1. The van der Waals surface area contributed by atoms with Crippen LogP contribution in [0.4, 0.5) is 13.2 Å². The van der Waals surface area contributed by atoms with Crippen molar-refractivity contribution in [2.45, 2.75) is 56.5 Å². The van der Waals surface area contributed by atoms with Crippen molar-refractivity contribution in [3.8, 4) is 22.6 Å². The molecule has 0 fully saturated rings. The molecular formula is C32H33F3O6S. The number of ether oxygens (including phenoxy) is 2. The Balaban J connectivity index is 1.32. The second-order valence-corrected chi connectivity index (χ2v) is 13.4. The van der Waals surface area contributed by atoms with Gasteiger partial charge >= 0.3 is 12.1 Å². The maximum absolute atomic E-state index is 14.1. The van der Waals surface area contributed by atoms with Crippen molar-refractivity contribution in [2.24, 2.45) is 0 Å². The van der Waals surface area contributed by atoms with Crippen molar-refractivity contribution < 1.29 is 41.0 Å². The van der Waals surface area contributed by atoms with Gasteiger partial charge in [-0.15, -0.1) is 0 Å². The van der Waals surface area contributed by atoms with Gasteiger partial charge in [0.05, 0.1) is 31.0 Å². The first-order valence-electron chi connectivity index (χ1n) is 14.0. The van der Waals surface area contributed by atoms with Crippen LogP contribution in [0.5, 0.6) is 11.5 Å². The van der Waals surface area contributed by atoms with E-state index in [1.807, 2.05) is 18.2 Å². The van der Waals surface area contributed by atoms with Crippen molar-refractivity contribution in [1.29, 1.82) is 0 Å². The summed E-state index contributed by atoms with van der Waals surface area (Å²) in [7, 11) is -3.09. The molecule has 5 rings (SSSR count). The average molecular weight is 603 g/mol. The first-order valence-corrected chi connectivity index (χ1v) is 16.1. The van der Waals surface area contributed by atoms with Gasteiger partial charge < -0.3 is 14.6 Å². The lowest BCUT2D eigenvalue weighted by Crippen LogP contribution is -2.10. The Morgan fingerprint density at radius 1 is 1.05 bits per heavy atom. The van der Waals surface area contributed by atoms with Gasteiger partial charge in [-0.3, -0.25) is 4.79 Å². The molecule has 42 heavy (non-hydrogen) atoms. The van der Waals surface area contributed by atoms with Crippen LogP contribution < -0.4 is 9.47 Å².